The molecule has 0 saturated heterocycles. The van der Waals surface area contributed by atoms with Gasteiger partial charge in [0.25, 0.3) is 0 Å². The van der Waals surface area contributed by atoms with Crippen LogP contribution in [0.5, 0.6) is 0 Å². The third-order valence-electron chi connectivity index (χ3n) is 3.07. The Kier molecular flexibility index (Phi) is 4.60. The molecule has 1 fully saturated rings. The zero-order chi connectivity index (χ0) is 14.0. The molecule has 2 unspecified atom stereocenters. The van der Waals surface area contributed by atoms with E-state index in [1.54, 1.807) is 0 Å². The van der Waals surface area contributed by atoms with Crippen molar-refractivity contribution in [2.75, 3.05) is 6.54 Å². The van der Waals surface area contributed by atoms with E-state index in [9.17, 15) is 26.4 Å². The van der Waals surface area contributed by atoms with Crippen LogP contribution in [-0.2, 0) is 14.8 Å². The number of sulfonamides is 1. The molecule has 2 N–H and O–H groups in total. The lowest BCUT2D eigenvalue weighted by molar-refractivity contribution is -0.144. The molecular formula is C9H14F3NO4S. The van der Waals surface area contributed by atoms with Crippen molar-refractivity contribution in [3.8, 4) is 0 Å². The van der Waals surface area contributed by atoms with Crippen molar-refractivity contribution in [3.63, 3.8) is 0 Å². The minimum Gasteiger partial charge on any atom is -0.481 e. The number of carboxylic acid groups (broad SMARTS) is 1. The second-order valence-corrected chi connectivity index (χ2v) is 6.05. The van der Waals surface area contributed by atoms with Crippen LogP contribution in [0.3, 0.4) is 0 Å². The largest absolute Gasteiger partial charge is 0.511 e. The molecule has 2 atom stereocenters. The molecule has 0 amide bonds. The van der Waals surface area contributed by atoms with Crippen molar-refractivity contribution in [3.05, 3.63) is 0 Å². The predicted molar refractivity (Wildman–Crippen MR) is 56.1 cm³/mol. The minimum absolute atomic E-state index is 0.369. The number of aliphatic carboxylic acids is 1. The summed E-state index contributed by atoms with van der Waals surface area (Å²) in [6.07, 6.45) is 2.17. The first-order valence-electron chi connectivity index (χ1n) is 5.44. The number of carboxylic acids is 1. The lowest BCUT2D eigenvalue weighted by atomic mass is 9.79. The van der Waals surface area contributed by atoms with Crippen molar-refractivity contribution in [2.45, 2.75) is 31.2 Å². The van der Waals surface area contributed by atoms with Crippen LogP contribution in [0.2, 0.25) is 0 Å². The number of hydrogen-bond acceptors (Lipinski definition) is 3. The first kappa shape index (κ1) is 15.2. The average Bonchev–Trinajstić information content (AvgIpc) is 2.25. The van der Waals surface area contributed by atoms with Gasteiger partial charge in [0, 0.05) is 6.54 Å². The number of alkyl halides is 3. The van der Waals surface area contributed by atoms with E-state index in [-0.39, 0.29) is 0 Å². The van der Waals surface area contributed by atoms with Crippen molar-refractivity contribution < 1.29 is 31.5 Å². The number of carbonyl (C=O) groups is 1. The Balaban J connectivity index is 2.64. The second-order valence-electron chi connectivity index (χ2n) is 4.29. The summed E-state index contributed by atoms with van der Waals surface area (Å²) >= 11 is 0. The van der Waals surface area contributed by atoms with Crippen LogP contribution >= 0.6 is 0 Å². The first-order chi connectivity index (χ1) is 8.15. The molecule has 0 aromatic carbocycles. The molecule has 0 radical (unpaired) electrons. The molecule has 0 spiro atoms. The molecule has 1 rings (SSSR count). The van der Waals surface area contributed by atoms with Gasteiger partial charge in [0.15, 0.2) is 0 Å². The monoisotopic (exact) mass is 289 g/mol. The summed E-state index contributed by atoms with van der Waals surface area (Å²) in [6, 6.07) is 0. The van der Waals surface area contributed by atoms with Gasteiger partial charge in [-0.3, -0.25) is 4.79 Å². The molecule has 5 nitrogen and oxygen atoms in total. The summed E-state index contributed by atoms with van der Waals surface area (Å²) < 4.78 is 59.2. The topological polar surface area (TPSA) is 83.5 Å². The highest BCUT2D eigenvalue weighted by Gasteiger charge is 2.46. The van der Waals surface area contributed by atoms with E-state index in [4.69, 9.17) is 5.11 Å². The first-order valence-corrected chi connectivity index (χ1v) is 6.92. The number of hydrogen-bond donors (Lipinski definition) is 2. The van der Waals surface area contributed by atoms with Gasteiger partial charge < -0.3 is 5.11 Å². The van der Waals surface area contributed by atoms with Gasteiger partial charge in [0.05, 0.1) is 5.92 Å². The van der Waals surface area contributed by atoms with E-state index >= 15 is 0 Å². The van der Waals surface area contributed by atoms with E-state index in [1.807, 2.05) is 0 Å². The molecule has 18 heavy (non-hydrogen) atoms. The number of nitrogens with one attached hydrogen (secondary N) is 1. The van der Waals surface area contributed by atoms with E-state index < -0.39 is 39.9 Å². The predicted octanol–water partition coefficient (Wildman–Crippen LogP) is 1.32. The van der Waals surface area contributed by atoms with Crippen LogP contribution in [0.25, 0.3) is 0 Å². The minimum atomic E-state index is -5.39. The Labute approximate surface area is 102 Å². The van der Waals surface area contributed by atoms with E-state index in [0.29, 0.717) is 25.7 Å². The second kappa shape index (κ2) is 5.43. The highest BCUT2D eigenvalue weighted by molar-refractivity contribution is 7.90. The summed E-state index contributed by atoms with van der Waals surface area (Å²) in [5, 5.41) is 8.90. The zero-order valence-corrected chi connectivity index (χ0v) is 10.2. The average molecular weight is 289 g/mol. The van der Waals surface area contributed by atoms with Crippen molar-refractivity contribution >= 4 is 16.0 Å². The van der Waals surface area contributed by atoms with Crippen molar-refractivity contribution in [1.29, 1.82) is 0 Å². The SMILES string of the molecule is O=C(O)C1CCCCC1CNS(=O)(=O)C(F)(F)F. The molecule has 0 bridgehead atoms. The van der Waals surface area contributed by atoms with Gasteiger partial charge in [0.1, 0.15) is 0 Å². The van der Waals surface area contributed by atoms with Gasteiger partial charge in [-0.15, -0.1) is 0 Å². The van der Waals surface area contributed by atoms with E-state index in [2.05, 4.69) is 0 Å². The molecule has 106 valence electrons. The number of halogens is 3. The highest BCUT2D eigenvalue weighted by Crippen LogP contribution is 2.30. The van der Waals surface area contributed by atoms with Crippen LogP contribution in [0.1, 0.15) is 25.7 Å². The molecule has 0 heterocycles. The lowest BCUT2D eigenvalue weighted by Crippen LogP contribution is -2.42. The number of rotatable bonds is 4. The Morgan fingerprint density at radius 2 is 1.83 bits per heavy atom. The van der Waals surface area contributed by atoms with Crippen molar-refractivity contribution in [2.24, 2.45) is 11.8 Å². The molecule has 1 saturated carbocycles. The molecular weight excluding hydrogens is 275 g/mol. The molecule has 1 aliphatic carbocycles. The Morgan fingerprint density at radius 3 is 2.33 bits per heavy atom. The summed E-state index contributed by atoms with van der Waals surface area (Å²) in [6.45, 7) is -0.487. The maximum absolute atomic E-state index is 12.1. The molecule has 0 aliphatic heterocycles. The Hall–Kier alpha value is -0.830. The molecule has 0 aromatic rings. The van der Waals surface area contributed by atoms with E-state index in [1.165, 1.54) is 4.72 Å². The van der Waals surface area contributed by atoms with Gasteiger partial charge >= 0.3 is 21.5 Å². The summed E-state index contributed by atoms with van der Waals surface area (Å²) in [5.41, 5.74) is -5.36. The third kappa shape index (κ3) is 3.58. The van der Waals surface area contributed by atoms with Crippen molar-refractivity contribution in [1.82, 2.24) is 4.72 Å². The van der Waals surface area contributed by atoms with Crippen LogP contribution in [0, 0.1) is 11.8 Å². The fourth-order valence-electron chi connectivity index (χ4n) is 2.08. The van der Waals surface area contributed by atoms with E-state index in [0.717, 1.165) is 0 Å². The van der Waals surface area contributed by atoms with Gasteiger partial charge in [-0.2, -0.15) is 13.2 Å². The van der Waals surface area contributed by atoms with Gasteiger partial charge in [-0.25, -0.2) is 13.1 Å². The summed E-state index contributed by atoms with van der Waals surface area (Å²) in [7, 11) is -5.39. The Morgan fingerprint density at radius 1 is 1.28 bits per heavy atom. The zero-order valence-electron chi connectivity index (χ0n) is 9.40. The molecule has 9 heteroatoms. The standard InChI is InChI=1S/C9H14F3NO4S/c10-9(11,12)18(16,17)13-5-6-3-1-2-4-7(6)8(14)15/h6-7,13H,1-5H2,(H,14,15). The van der Waals surface area contributed by atoms with Crippen LogP contribution in [0.15, 0.2) is 0 Å². The fraction of sp³-hybridized carbons (Fsp3) is 0.889. The highest BCUT2D eigenvalue weighted by atomic mass is 32.2. The Bertz CT molecular complexity index is 407. The van der Waals surface area contributed by atoms with Gasteiger partial charge in [-0.05, 0) is 18.8 Å². The van der Waals surface area contributed by atoms with Gasteiger partial charge in [-0.1, -0.05) is 12.8 Å². The van der Waals surface area contributed by atoms with Gasteiger partial charge in [0.2, 0.25) is 0 Å². The van der Waals surface area contributed by atoms with Crippen LogP contribution in [0.4, 0.5) is 13.2 Å². The molecule has 1 aliphatic rings. The quantitative estimate of drug-likeness (QED) is 0.817. The fourth-order valence-corrected chi connectivity index (χ4v) is 2.67. The molecule has 0 aromatic heterocycles. The maximum Gasteiger partial charge on any atom is 0.511 e. The van der Waals surface area contributed by atoms with Crippen LogP contribution < -0.4 is 4.72 Å². The van der Waals surface area contributed by atoms with Crippen LogP contribution in [-0.4, -0.2) is 31.5 Å². The summed E-state index contributed by atoms with van der Waals surface area (Å²) in [5.74, 6) is -2.46. The smallest absolute Gasteiger partial charge is 0.481 e. The maximum atomic E-state index is 12.1. The lowest BCUT2D eigenvalue weighted by Gasteiger charge is -2.28. The third-order valence-corrected chi connectivity index (χ3v) is 4.22. The normalized spacial score (nSPS) is 25.9. The summed E-state index contributed by atoms with van der Waals surface area (Å²) in [4.78, 5) is 10.9.